The number of amides is 1. The summed E-state index contributed by atoms with van der Waals surface area (Å²) in [6, 6.07) is 15.9. The van der Waals surface area contributed by atoms with E-state index >= 15 is 0 Å². The van der Waals surface area contributed by atoms with Crippen molar-refractivity contribution in [2.24, 2.45) is 5.92 Å². The lowest BCUT2D eigenvalue weighted by atomic mass is 10.2. The maximum Gasteiger partial charge on any atom is 0.253 e. The minimum Gasteiger partial charge on any atom is -0.467 e. The Morgan fingerprint density at radius 3 is 2.70 bits per heavy atom. The van der Waals surface area contributed by atoms with E-state index in [4.69, 9.17) is 9.40 Å². The molecule has 0 aliphatic carbocycles. The van der Waals surface area contributed by atoms with Crippen LogP contribution in [0.25, 0.3) is 22.0 Å². The van der Waals surface area contributed by atoms with Gasteiger partial charge in [0.1, 0.15) is 10.8 Å². The first-order valence-electron chi connectivity index (χ1n) is 10.0. The molecule has 4 aromatic rings. The Labute approximate surface area is 180 Å². The first-order chi connectivity index (χ1) is 14.5. The van der Waals surface area contributed by atoms with Gasteiger partial charge in [0.05, 0.1) is 29.8 Å². The SMILES string of the molecule is Cc1c(C(=O)NCC(C)C)cc(-c2csc(-c3ccccc3)n2)n1Cc1ccco1. The first kappa shape index (κ1) is 20.2. The minimum absolute atomic E-state index is 0.0563. The zero-order valence-corrected chi connectivity index (χ0v) is 18.2. The van der Waals surface area contributed by atoms with Gasteiger partial charge < -0.3 is 14.3 Å². The summed E-state index contributed by atoms with van der Waals surface area (Å²) in [6.45, 7) is 7.33. The molecule has 0 aliphatic rings. The molecule has 0 atom stereocenters. The van der Waals surface area contributed by atoms with Crippen LogP contribution in [0.3, 0.4) is 0 Å². The molecule has 0 unspecified atom stereocenters. The van der Waals surface area contributed by atoms with Crippen molar-refractivity contribution < 1.29 is 9.21 Å². The van der Waals surface area contributed by atoms with Gasteiger partial charge in [0.25, 0.3) is 5.91 Å². The number of furan rings is 1. The maximum absolute atomic E-state index is 12.8. The standard InChI is InChI=1S/C24H25N3O2S/c1-16(2)13-25-23(28)20-12-22(27(17(20)3)14-19-10-7-11-29-19)21-15-30-24(26-21)18-8-5-4-6-9-18/h4-12,15-16H,13-14H2,1-3H3,(H,25,28). The zero-order valence-electron chi connectivity index (χ0n) is 17.4. The summed E-state index contributed by atoms with van der Waals surface area (Å²) in [5.74, 6) is 1.17. The second-order valence-electron chi connectivity index (χ2n) is 7.70. The normalized spacial score (nSPS) is 11.2. The summed E-state index contributed by atoms with van der Waals surface area (Å²) in [6.07, 6.45) is 1.67. The second kappa shape index (κ2) is 8.71. The van der Waals surface area contributed by atoms with Crippen molar-refractivity contribution in [3.05, 3.63) is 77.2 Å². The van der Waals surface area contributed by atoms with Crippen molar-refractivity contribution in [2.45, 2.75) is 27.3 Å². The smallest absolute Gasteiger partial charge is 0.253 e. The highest BCUT2D eigenvalue weighted by atomic mass is 32.1. The van der Waals surface area contributed by atoms with Gasteiger partial charge in [0, 0.05) is 23.2 Å². The van der Waals surface area contributed by atoms with Crippen LogP contribution >= 0.6 is 11.3 Å². The fourth-order valence-corrected chi connectivity index (χ4v) is 4.17. The molecule has 4 rings (SSSR count). The quantitative estimate of drug-likeness (QED) is 0.423. The van der Waals surface area contributed by atoms with E-state index in [1.54, 1.807) is 17.6 Å². The fourth-order valence-electron chi connectivity index (χ4n) is 3.35. The molecule has 0 saturated carbocycles. The highest BCUT2D eigenvalue weighted by Crippen LogP contribution is 2.32. The predicted octanol–water partition coefficient (Wildman–Crippen LogP) is 5.61. The third kappa shape index (κ3) is 4.24. The molecular weight excluding hydrogens is 394 g/mol. The van der Waals surface area contributed by atoms with Crippen LogP contribution in [0.5, 0.6) is 0 Å². The number of thiazole rings is 1. The summed E-state index contributed by atoms with van der Waals surface area (Å²) < 4.78 is 7.67. The predicted molar refractivity (Wildman–Crippen MR) is 121 cm³/mol. The van der Waals surface area contributed by atoms with Crippen molar-refractivity contribution in [1.29, 1.82) is 0 Å². The molecule has 0 radical (unpaired) electrons. The molecule has 0 fully saturated rings. The molecule has 1 amide bonds. The molecule has 154 valence electrons. The lowest BCUT2D eigenvalue weighted by Crippen LogP contribution is -2.27. The lowest BCUT2D eigenvalue weighted by molar-refractivity contribution is 0.0948. The molecule has 0 spiro atoms. The van der Waals surface area contributed by atoms with Crippen LogP contribution in [0.2, 0.25) is 0 Å². The summed E-state index contributed by atoms with van der Waals surface area (Å²) in [5, 5.41) is 6.03. The monoisotopic (exact) mass is 419 g/mol. The van der Waals surface area contributed by atoms with Gasteiger partial charge >= 0.3 is 0 Å². The first-order valence-corrected chi connectivity index (χ1v) is 10.9. The van der Waals surface area contributed by atoms with E-state index in [2.05, 4.69) is 35.9 Å². The van der Waals surface area contributed by atoms with Crippen LogP contribution < -0.4 is 5.32 Å². The second-order valence-corrected chi connectivity index (χ2v) is 8.56. The van der Waals surface area contributed by atoms with Gasteiger partial charge in [-0.25, -0.2) is 4.98 Å². The summed E-state index contributed by atoms with van der Waals surface area (Å²) in [4.78, 5) is 17.7. The Bertz CT molecular complexity index is 1120. The average molecular weight is 420 g/mol. The molecule has 3 aromatic heterocycles. The van der Waals surface area contributed by atoms with E-state index in [1.807, 2.05) is 48.7 Å². The topological polar surface area (TPSA) is 60.1 Å². The Balaban J connectivity index is 1.73. The molecule has 0 saturated heterocycles. The van der Waals surface area contributed by atoms with Crippen molar-refractivity contribution in [3.63, 3.8) is 0 Å². The zero-order chi connectivity index (χ0) is 21.1. The van der Waals surface area contributed by atoms with Crippen LogP contribution in [0.4, 0.5) is 0 Å². The van der Waals surface area contributed by atoms with E-state index in [-0.39, 0.29) is 5.91 Å². The molecule has 1 aromatic carbocycles. The van der Waals surface area contributed by atoms with Crippen molar-refractivity contribution in [3.8, 4) is 22.0 Å². The third-order valence-electron chi connectivity index (χ3n) is 4.96. The van der Waals surface area contributed by atoms with E-state index in [0.717, 1.165) is 33.4 Å². The molecule has 5 nitrogen and oxygen atoms in total. The van der Waals surface area contributed by atoms with E-state index in [9.17, 15) is 4.79 Å². The Morgan fingerprint density at radius 2 is 2.00 bits per heavy atom. The molecule has 6 heteroatoms. The van der Waals surface area contributed by atoms with E-state index in [1.165, 1.54) is 0 Å². The van der Waals surface area contributed by atoms with Crippen LogP contribution in [0.15, 0.2) is 64.6 Å². The number of aromatic nitrogens is 2. The van der Waals surface area contributed by atoms with E-state index in [0.29, 0.717) is 24.6 Å². The van der Waals surface area contributed by atoms with Crippen molar-refractivity contribution >= 4 is 17.2 Å². The van der Waals surface area contributed by atoms with Crippen LogP contribution in [0, 0.1) is 12.8 Å². The number of hydrogen-bond acceptors (Lipinski definition) is 4. The highest BCUT2D eigenvalue weighted by molar-refractivity contribution is 7.13. The largest absolute Gasteiger partial charge is 0.467 e. The Morgan fingerprint density at radius 1 is 1.20 bits per heavy atom. The average Bonchev–Trinajstić information content (AvgIpc) is 3.49. The van der Waals surface area contributed by atoms with Gasteiger partial charge in [-0.2, -0.15) is 0 Å². The van der Waals surface area contributed by atoms with Gasteiger partial charge in [-0.15, -0.1) is 11.3 Å². The van der Waals surface area contributed by atoms with Gasteiger partial charge in [-0.05, 0) is 31.0 Å². The lowest BCUT2D eigenvalue weighted by Gasteiger charge is -2.10. The summed E-state index contributed by atoms with van der Waals surface area (Å²) in [5.41, 5.74) is 4.43. The van der Waals surface area contributed by atoms with Gasteiger partial charge in [-0.1, -0.05) is 44.2 Å². The fraction of sp³-hybridized carbons (Fsp3) is 0.250. The van der Waals surface area contributed by atoms with Crippen LogP contribution in [0.1, 0.15) is 35.7 Å². The number of nitrogens with zero attached hydrogens (tertiary/aromatic N) is 2. The maximum atomic E-state index is 12.8. The Kier molecular flexibility index (Phi) is 5.86. The number of rotatable bonds is 7. The molecule has 3 heterocycles. The van der Waals surface area contributed by atoms with Gasteiger partial charge in [0.15, 0.2) is 0 Å². The van der Waals surface area contributed by atoms with E-state index < -0.39 is 0 Å². The van der Waals surface area contributed by atoms with Gasteiger partial charge in [0.2, 0.25) is 0 Å². The summed E-state index contributed by atoms with van der Waals surface area (Å²) >= 11 is 1.60. The van der Waals surface area contributed by atoms with Crippen molar-refractivity contribution in [2.75, 3.05) is 6.54 Å². The number of carbonyl (C=O) groups excluding carboxylic acids is 1. The summed E-state index contributed by atoms with van der Waals surface area (Å²) in [7, 11) is 0. The molecule has 30 heavy (non-hydrogen) atoms. The number of nitrogens with one attached hydrogen (secondary N) is 1. The molecule has 0 aliphatic heterocycles. The molecule has 1 N–H and O–H groups in total. The van der Waals surface area contributed by atoms with Crippen molar-refractivity contribution in [1.82, 2.24) is 14.9 Å². The van der Waals surface area contributed by atoms with Crippen LogP contribution in [-0.2, 0) is 6.54 Å². The minimum atomic E-state index is -0.0563. The third-order valence-corrected chi connectivity index (χ3v) is 5.85. The van der Waals surface area contributed by atoms with Crippen LogP contribution in [-0.4, -0.2) is 22.0 Å². The molecular formula is C24H25N3O2S. The van der Waals surface area contributed by atoms with Gasteiger partial charge in [-0.3, -0.25) is 4.79 Å². The molecule has 0 bridgehead atoms. The number of benzene rings is 1. The number of carbonyl (C=O) groups is 1. The number of hydrogen-bond donors (Lipinski definition) is 1. The highest BCUT2D eigenvalue weighted by Gasteiger charge is 2.21. The Hall–Kier alpha value is -3.12.